The molecule has 2 rings (SSSR count). The van der Waals surface area contributed by atoms with E-state index >= 15 is 0 Å². The lowest BCUT2D eigenvalue weighted by atomic mass is 9.99. The van der Waals surface area contributed by atoms with Gasteiger partial charge in [-0.15, -0.1) is 0 Å². The van der Waals surface area contributed by atoms with Crippen LogP contribution in [0.15, 0.2) is 23.5 Å². The van der Waals surface area contributed by atoms with Gasteiger partial charge in [0.25, 0.3) is 12.2 Å². The molecule has 0 aromatic heterocycles. The van der Waals surface area contributed by atoms with E-state index in [0.717, 1.165) is 4.90 Å². The monoisotopic (exact) mass is 281 g/mol. The van der Waals surface area contributed by atoms with Crippen molar-refractivity contribution in [3.05, 3.63) is 23.5 Å². The Kier molecular flexibility index (Phi) is 3.78. The first-order chi connectivity index (χ1) is 9.40. The van der Waals surface area contributed by atoms with E-state index in [1.54, 1.807) is 13.8 Å². The maximum Gasteiger partial charge on any atom is 0.414 e. The lowest BCUT2D eigenvalue weighted by Gasteiger charge is -2.30. The Morgan fingerprint density at radius 3 is 2.80 bits per heavy atom. The molecule has 2 aliphatic heterocycles. The summed E-state index contributed by atoms with van der Waals surface area (Å²) in [6.07, 6.45) is 1.48. The predicted molar refractivity (Wildman–Crippen MR) is 66.4 cm³/mol. The van der Waals surface area contributed by atoms with Crippen LogP contribution in [0.1, 0.15) is 26.7 Å². The van der Waals surface area contributed by atoms with E-state index in [0.29, 0.717) is 18.4 Å². The first kappa shape index (κ1) is 14.1. The van der Waals surface area contributed by atoms with E-state index < -0.39 is 24.3 Å². The highest BCUT2D eigenvalue weighted by Crippen LogP contribution is 2.24. The van der Waals surface area contributed by atoms with Crippen LogP contribution in [0.4, 0.5) is 4.79 Å². The lowest BCUT2D eigenvalue weighted by molar-refractivity contribution is -0.152. The van der Waals surface area contributed by atoms with Gasteiger partial charge in [-0.25, -0.2) is 14.5 Å². The standard InChI is InChI=1S/C13H15NO6/c1-7-5-10(20-12(7)16)19-6-9-4-3-8(2)14(11(9)15)13(17)18/h5-6,8,10H,3-4H2,1-2H3,(H,17,18). The largest absolute Gasteiger partial charge is 0.465 e. The minimum absolute atomic E-state index is 0.250. The molecule has 1 N–H and O–H groups in total. The zero-order valence-corrected chi connectivity index (χ0v) is 11.2. The molecule has 0 aromatic rings. The topological polar surface area (TPSA) is 93.1 Å². The van der Waals surface area contributed by atoms with E-state index in [-0.39, 0.29) is 11.6 Å². The molecule has 2 amide bonds. The SMILES string of the molecule is CC1=CC(OC=C2CCC(C)N(C(=O)O)C2=O)OC1=O. The third-order valence-electron chi connectivity index (χ3n) is 3.25. The number of nitrogens with zero attached hydrogens (tertiary/aromatic N) is 1. The van der Waals surface area contributed by atoms with Crippen LogP contribution in [0.5, 0.6) is 0 Å². The second-order valence-electron chi connectivity index (χ2n) is 4.75. The lowest BCUT2D eigenvalue weighted by Crippen LogP contribution is -2.46. The molecule has 2 aliphatic rings. The highest BCUT2D eigenvalue weighted by molar-refractivity contribution is 6.02. The van der Waals surface area contributed by atoms with Gasteiger partial charge >= 0.3 is 12.1 Å². The average molecular weight is 281 g/mol. The summed E-state index contributed by atoms with van der Waals surface area (Å²) in [6, 6.07) is -0.358. The molecule has 1 saturated heterocycles. The molecule has 1 fully saturated rings. The number of amides is 2. The average Bonchev–Trinajstić information content (AvgIpc) is 2.67. The van der Waals surface area contributed by atoms with Crippen LogP contribution in [-0.2, 0) is 19.1 Å². The summed E-state index contributed by atoms with van der Waals surface area (Å²) < 4.78 is 10.1. The number of cyclic esters (lactones) is 1. The van der Waals surface area contributed by atoms with Gasteiger partial charge in [0.05, 0.1) is 11.8 Å². The molecule has 7 nitrogen and oxygen atoms in total. The molecule has 7 heteroatoms. The fourth-order valence-electron chi connectivity index (χ4n) is 2.06. The first-order valence-corrected chi connectivity index (χ1v) is 6.20. The fourth-order valence-corrected chi connectivity index (χ4v) is 2.06. The second kappa shape index (κ2) is 5.36. The van der Waals surface area contributed by atoms with Gasteiger partial charge in [0.1, 0.15) is 0 Å². The molecule has 0 radical (unpaired) electrons. The van der Waals surface area contributed by atoms with Crippen molar-refractivity contribution in [1.29, 1.82) is 0 Å². The van der Waals surface area contributed by atoms with Crippen LogP contribution in [0, 0.1) is 0 Å². The van der Waals surface area contributed by atoms with Gasteiger partial charge in [-0.1, -0.05) is 0 Å². The molecule has 0 aliphatic carbocycles. The molecule has 2 unspecified atom stereocenters. The fraction of sp³-hybridized carbons (Fsp3) is 0.462. The number of ether oxygens (including phenoxy) is 2. The zero-order chi connectivity index (χ0) is 14.9. The van der Waals surface area contributed by atoms with E-state index in [1.165, 1.54) is 12.3 Å². The molecule has 108 valence electrons. The maximum absolute atomic E-state index is 12.0. The minimum atomic E-state index is -1.28. The van der Waals surface area contributed by atoms with Crippen LogP contribution < -0.4 is 0 Å². The Labute approximate surface area is 115 Å². The van der Waals surface area contributed by atoms with Crippen LogP contribution in [0.3, 0.4) is 0 Å². The molecule has 0 bridgehead atoms. The van der Waals surface area contributed by atoms with Gasteiger partial charge in [-0.05, 0) is 26.7 Å². The zero-order valence-electron chi connectivity index (χ0n) is 11.2. The Morgan fingerprint density at radius 2 is 2.25 bits per heavy atom. The summed E-state index contributed by atoms with van der Waals surface area (Å²) in [5, 5.41) is 9.00. The van der Waals surface area contributed by atoms with Crippen LogP contribution >= 0.6 is 0 Å². The number of hydrogen-bond acceptors (Lipinski definition) is 5. The number of imide groups is 1. The summed E-state index contributed by atoms with van der Waals surface area (Å²) >= 11 is 0. The first-order valence-electron chi connectivity index (χ1n) is 6.20. The molecule has 0 saturated carbocycles. The molecule has 2 heterocycles. The normalized spacial score (nSPS) is 28.4. The Bertz CT molecular complexity index is 521. The Balaban J connectivity index is 2.05. The van der Waals surface area contributed by atoms with Gasteiger partial charge in [0, 0.05) is 17.7 Å². The van der Waals surface area contributed by atoms with E-state index in [2.05, 4.69) is 0 Å². The summed E-state index contributed by atoms with van der Waals surface area (Å²) in [4.78, 5) is 34.9. The summed E-state index contributed by atoms with van der Waals surface area (Å²) in [7, 11) is 0. The predicted octanol–water partition coefficient (Wildman–Crippen LogP) is 1.41. The van der Waals surface area contributed by atoms with Crippen molar-refractivity contribution in [2.24, 2.45) is 0 Å². The maximum atomic E-state index is 12.0. The van der Waals surface area contributed by atoms with Crippen molar-refractivity contribution in [2.45, 2.75) is 39.0 Å². The number of carbonyl (C=O) groups excluding carboxylic acids is 2. The molecule has 2 atom stereocenters. The van der Waals surface area contributed by atoms with E-state index in [9.17, 15) is 14.4 Å². The van der Waals surface area contributed by atoms with E-state index in [1.807, 2.05) is 0 Å². The number of carboxylic acid groups (broad SMARTS) is 1. The summed E-state index contributed by atoms with van der Waals surface area (Å²) in [6.45, 7) is 3.27. The minimum Gasteiger partial charge on any atom is -0.465 e. The molecular formula is C13H15NO6. The quantitative estimate of drug-likeness (QED) is 0.467. The number of piperidine rings is 1. The second-order valence-corrected chi connectivity index (χ2v) is 4.75. The molecule has 0 spiro atoms. The smallest absolute Gasteiger partial charge is 0.414 e. The number of carbonyl (C=O) groups is 3. The molecule has 20 heavy (non-hydrogen) atoms. The van der Waals surface area contributed by atoms with Crippen molar-refractivity contribution >= 4 is 18.0 Å². The third-order valence-corrected chi connectivity index (χ3v) is 3.25. The number of rotatable bonds is 2. The van der Waals surface area contributed by atoms with Crippen LogP contribution in [0.2, 0.25) is 0 Å². The number of hydrogen-bond donors (Lipinski definition) is 1. The van der Waals surface area contributed by atoms with Crippen molar-refractivity contribution < 1.29 is 29.0 Å². The summed E-state index contributed by atoms with van der Waals surface area (Å²) in [5.41, 5.74) is 0.684. The van der Waals surface area contributed by atoms with Gasteiger partial charge < -0.3 is 14.6 Å². The van der Waals surface area contributed by atoms with Crippen molar-refractivity contribution in [1.82, 2.24) is 4.90 Å². The molecule has 0 aromatic carbocycles. The highest BCUT2D eigenvalue weighted by atomic mass is 16.7. The Hall–Kier alpha value is -2.31. The van der Waals surface area contributed by atoms with Crippen molar-refractivity contribution in [3.8, 4) is 0 Å². The van der Waals surface area contributed by atoms with Crippen LogP contribution in [-0.4, -0.2) is 40.3 Å². The molecular weight excluding hydrogens is 266 g/mol. The third kappa shape index (κ3) is 2.66. The van der Waals surface area contributed by atoms with Crippen LogP contribution in [0.25, 0.3) is 0 Å². The van der Waals surface area contributed by atoms with E-state index in [4.69, 9.17) is 14.6 Å². The van der Waals surface area contributed by atoms with Gasteiger partial charge in [0.15, 0.2) is 0 Å². The highest BCUT2D eigenvalue weighted by Gasteiger charge is 2.34. The van der Waals surface area contributed by atoms with Crippen molar-refractivity contribution in [3.63, 3.8) is 0 Å². The Morgan fingerprint density at radius 1 is 1.55 bits per heavy atom. The van der Waals surface area contributed by atoms with Crippen molar-refractivity contribution in [2.75, 3.05) is 0 Å². The van der Waals surface area contributed by atoms with Gasteiger partial charge in [-0.3, -0.25) is 4.79 Å². The number of esters is 1. The number of likely N-dealkylation sites (tertiary alicyclic amines) is 1. The van der Waals surface area contributed by atoms with Gasteiger partial charge in [-0.2, -0.15) is 0 Å². The van der Waals surface area contributed by atoms with Gasteiger partial charge in [0.2, 0.25) is 0 Å². The summed E-state index contributed by atoms with van der Waals surface area (Å²) in [5.74, 6) is -1.06.